The third-order valence-electron chi connectivity index (χ3n) is 4.03. The van der Waals surface area contributed by atoms with Crippen molar-refractivity contribution in [3.8, 4) is 23.0 Å². The standard InChI is InChI=1S/C12H8FNO3.C12H10FNO.CH4.H2/c13-9-1-5-11(6-2-9)17-12-7-3-10(4-8-12)14(15)16;13-9-1-5-11(6-2-9)15-12-7-3-10(14)4-8-12;;/h1-8H;1-8H,14H2;1H4;1H. The van der Waals surface area contributed by atoms with Crippen LogP contribution in [0.4, 0.5) is 20.2 Å². The number of nitrogens with two attached hydrogens (primary N) is 1. The molecule has 6 nitrogen and oxygen atoms in total. The minimum atomic E-state index is -0.484. The number of nitrogen functional groups attached to an aromatic ring is 1. The maximum Gasteiger partial charge on any atom is 0.269 e. The van der Waals surface area contributed by atoms with E-state index in [0.29, 0.717) is 28.7 Å². The maximum atomic E-state index is 12.6. The Hall–Kier alpha value is -4.46. The van der Waals surface area contributed by atoms with Gasteiger partial charge in [-0.05, 0) is 84.9 Å². The van der Waals surface area contributed by atoms with Crippen molar-refractivity contribution >= 4 is 11.4 Å². The molecule has 0 atom stereocenters. The molecular weight excluding hydrogens is 430 g/mol. The lowest BCUT2D eigenvalue weighted by molar-refractivity contribution is -0.384. The fraction of sp³-hybridized carbons (Fsp3) is 0.0400. The zero-order valence-electron chi connectivity index (χ0n) is 16.7. The third-order valence-corrected chi connectivity index (χ3v) is 4.03. The van der Waals surface area contributed by atoms with E-state index in [2.05, 4.69) is 0 Å². The van der Waals surface area contributed by atoms with Gasteiger partial charge in [0.15, 0.2) is 0 Å². The molecule has 0 heterocycles. The maximum absolute atomic E-state index is 12.6. The molecule has 0 aliphatic heterocycles. The first kappa shape index (κ1) is 24.8. The Balaban J connectivity index is 0.000000323. The van der Waals surface area contributed by atoms with Crippen LogP contribution in [0.2, 0.25) is 0 Å². The average Bonchev–Trinajstić information content (AvgIpc) is 2.79. The molecule has 0 bridgehead atoms. The third kappa shape index (κ3) is 7.95. The second-order valence-corrected chi connectivity index (χ2v) is 6.43. The Morgan fingerprint density at radius 3 is 1.27 bits per heavy atom. The van der Waals surface area contributed by atoms with Gasteiger partial charge in [0.25, 0.3) is 5.69 Å². The predicted octanol–water partition coefficient (Wildman–Crippen LogP) is 7.61. The second kappa shape index (κ2) is 11.8. The van der Waals surface area contributed by atoms with Gasteiger partial charge in [0.05, 0.1) is 4.92 Å². The second-order valence-electron chi connectivity index (χ2n) is 6.43. The van der Waals surface area contributed by atoms with Gasteiger partial charge in [-0.15, -0.1) is 0 Å². The average molecular weight is 454 g/mol. The molecule has 8 heteroatoms. The summed E-state index contributed by atoms with van der Waals surface area (Å²) < 4.78 is 36.1. The molecule has 0 fully saturated rings. The van der Waals surface area contributed by atoms with Gasteiger partial charge in [-0.25, -0.2) is 8.78 Å². The number of nitro benzene ring substituents is 1. The van der Waals surface area contributed by atoms with Gasteiger partial charge < -0.3 is 15.2 Å². The summed E-state index contributed by atoms with van der Waals surface area (Å²) in [6.07, 6.45) is 0. The van der Waals surface area contributed by atoms with E-state index in [1.807, 2.05) is 0 Å². The molecule has 33 heavy (non-hydrogen) atoms. The van der Waals surface area contributed by atoms with Crippen LogP contribution in [0.3, 0.4) is 0 Å². The van der Waals surface area contributed by atoms with Gasteiger partial charge >= 0.3 is 0 Å². The number of rotatable bonds is 5. The van der Waals surface area contributed by atoms with E-state index in [-0.39, 0.29) is 26.2 Å². The summed E-state index contributed by atoms with van der Waals surface area (Å²) in [7, 11) is 0. The Morgan fingerprint density at radius 2 is 0.939 bits per heavy atom. The molecule has 0 aliphatic rings. The van der Waals surface area contributed by atoms with Gasteiger partial charge in [0, 0.05) is 19.2 Å². The van der Waals surface area contributed by atoms with Gasteiger partial charge in [0.2, 0.25) is 0 Å². The lowest BCUT2D eigenvalue weighted by Gasteiger charge is -2.05. The van der Waals surface area contributed by atoms with Crippen molar-refractivity contribution < 1.29 is 24.6 Å². The van der Waals surface area contributed by atoms with Crippen LogP contribution in [0.15, 0.2) is 97.1 Å². The Bertz CT molecular complexity index is 1110. The first-order chi connectivity index (χ1) is 15.4. The fourth-order valence-corrected chi connectivity index (χ4v) is 2.45. The zero-order valence-corrected chi connectivity index (χ0v) is 16.7. The van der Waals surface area contributed by atoms with Crippen molar-refractivity contribution in [2.45, 2.75) is 7.43 Å². The minimum absolute atomic E-state index is 0. The van der Waals surface area contributed by atoms with Crippen molar-refractivity contribution in [2.75, 3.05) is 5.73 Å². The van der Waals surface area contributed by atoms with Gasteiger partial charge in [-0.1, -0.05) is 7.43 Å². The van der Waals surface area contributed by atoms with Gasteiger partial charge in [0.1, 0.15) is 34.6 Å². The normalized spacial score (nSPS) is 9.64. The molecular formula is C25H24F2N2O4. The van der Waals surface area contributed by atoms with E-state index in [4.69, 9.17) is 15.2 Å². The van der Waals surface area contributed by atoms with Crippen LogP contribution in [0, 0.1) is 21.7 Å². The van der Waals surface area contributed by atoms with Crippen LogP contribution in [0.1, 0.15) is 8.85 Å². The number of benzene rings is 4. The van der Waals surface area contributed by atoms with E-state index in [9.17, 15) is 18.9 Å². The summed E-state index contributed by atoms with van der Waals surface area (Å²) in [6.45, 7) is 0. The number of non-ortho nitro benzene ring substituents is 1. The molecule has 0 aromatic heterocycles. The van der Waals surface area contributed by atoms with Crippen molar-refractivity contribution in [3.63, 3.8) is 0 Å². The van der Waals surface area contributed by atoms with Crippen LogP contribution >= 0.6 is 0 Å². The summed E-state index contributed by atoms with van der Waals surface area (Å²) in [5.74, 6) is 1.58. The molecule has 0 saturated heterocycles. The van der Waals surface area contributed by atoms with E-state index in [1.54, 1.807) is 36.4 Å². The first-order valence-electron chi connectivity index (χ1n) is 9.36. The Kier molecular flexibility index (Phi) is 8.87. The van der Waals surface area contributed by atoms with Crippen molar-refractivity contribution in [2.24, 2.45) is 0 Å². The highest BCUT2D eigenvalue weighted by atomic mass is 19.1. The number of hydrogen-bond donors (Lipinski definition) is 1. The summed E-state index contributed by atoms with van der Waals surface area (Å²) >= 11 is 0. The van der Waals surface area contributed by atoms with E-state index in [0.717, 1.165) is 0 Å². The van der Waals surface area contributed by atoms with Crippen molar-refractivity contribution in [1.82, 2.24) is 0 Å². The predicted molar refractivity (Wildman–Crippen MR) is 126 cm³/mol. The Labute approximate surface area is 191 Å². The number of anilines is 1. The van der Waals surface area contributed by atoms with Crippen LogP contribution in [0.5, 0.6) is 23.0 Å². The lowest BCUT2D eigenvalue weighted by Crippen LogP contribution is -1.88. The number of halogens is 2. The first-order valence-corrected chi connectivity index (χ1v) is 9.36. The van der Waals surface area contributed by atoms with Gasteiger partial charge in [-0.2, -0.15) is 0 Å². The monoisotopic (exact) mass is 454 g/mol. The van der Waals surface area contributed by atoms with E-state index < -0.39 is 4.92 Å². The largest absolute Gasteiger partial charge is 0.457 e. The molecule has 4 aromatic rings. The highest BCUT2D eigenvalue weighted by molar-refractivity contribution is 5.43. The van der Waals surface area contributed by atoms with Crippen LogP contribution in [0.25, 0.3) is 0 Å². The van der Waals surface area contributed by atoms with E-state index in [1.165, 1.54) is 60.7 Å². The molecule has 4 rings (SSSR count). The summed E-state index contributed by atoms with van der Waals surface area (Å²) in [5.41, 5.74) is 6.21. The Morgan fingerprint density at radius 1 is 0.636 bits per heavy atom. The molecule has 0 unspecified atom stereocenters. The minimum Gasteiger partial charge on any atom is -0.457 e. The molecule has 0 aliphatic carbocycles. The number of nitro groups is 1. The van der Waals surface area contributed by atoms with E-state index >= 15 is 0 Å². The number of hydrogen-bond acceptors (Lipinski definition) is 5. The van der Waals surface area contributed by atoms with Crippen LogP contribution in [-0.4, -0.2) is 4.92 Å². The fourth-order valence-electron chi connectivity index (χ4n) is 2.45. The topological polar surface area (TPSA) is 87.6 Å². The number of ether oxygens (including phenoxy) is 2. The SMILES string of the molecule is C.Nc1ccc(Oc2ccc(F)cc2)cc1.O=[N+]([O-])c1ccc(Oc2ccc(F)cc2)cc1.[HH]. The molecule has 0 spiro atoms. The molecule has 0 amide bonds. The van der Waals surface area contributed by atoms with Crippen LogP contribution in [-0.2, 0) is 0 Å². The smallest absolute Gasteiger partial charge is 0.269 e. The summed E-state index contributed by atoms with van der Waals surface area (Å²) in [6, 6.07) is 24.1. The molecule has 172 valence electrons. The molecule has 0 radical (unpaired) electrons. The van der Waals surface area contributed by atoms with Crippen LogP contribution < -0.4 is 15.2 Å². The zero-order chi connectivity index (χ0) is 22.9. The molecule has 4 aromatic carbocycles. The molecule has 0 saturated carbocycles. The van der Waals surface area contributed by atoms with Gasteiger partial charge in [-0.3, -0.25) is 10.1 Å². The highest BCUT2D eigenvalue weighted by Crippen LogP contribution is 2.24. The summed E-state index contributed by atoms with van der Waals surface area (Å²) in [5, 5.41) is 10.4. The molecule has 2 N–H and O–H groups in total. The quantitative estimate of drug-likeness (QED) is 0.190. The van der Waals surface area contributed by atoms with Crippen molar-refractivity contribution in [3.05, 3.63) is 119 Å². The van der Waals surface area contributed by atoms with Crippen molar-refractivity contribution in [1.29, 1.82) is 0 Å². The summed E-state index contributed by atoms with van der Waals surface area (Å²) in [4.78, 5) is 9.95. The highest BCUT2D eigenvalue weighted by Gasteiger charge is 2.05. The number of nitrogens with zero attached hydrogens (tertiary/aromatic N) is 1. The lowest BCUT2D eigenvalue weighted by atomic mass is 10.3.